The number of nitrogens with zero attached hydrogens (tertiary/aromatic N) is 1. The second-order valence-electron chi connectivity index (χ2n) is 7.78. The standard InChI is InChI=1S/C16H26N2OS.ClH/c17-14-1-2-18(9-14)15(19)10-20-16-6-11-3-12(7-16)5-13(4-11)8-16;/h11-14H,1-10,17H2;1H. The molecule has 0 spiro atoms. The molecule has 1 amide bonds. The van der Waals surface area contributed by atoms with Gasteiger partial charge in [0.05, 0.1) is 5.75 Å². The Bertz CT molecular complexity index is 382. The summed E-state index contributed by atoms with van der Waals surface area (Å²) >= 11 is 2.00. The molecule has 5 fully saturated rings. The van der Waals surface area contributed by atoms with Crippen LogP contribution in [0.1, 0.15) is 44.9 Å². The summed E-state index contributed by atoms with van der Waals surface area (Å²) in [6.07, 6.45) is 9.58. The van der Waals surface area contributed by atoms with Crippen molar-refractivity contribution in [2.75, 3.05) is 18.8 Å². The number of hydrogen-bond donors (Lipinski definition) is 1. The lowest BCUT2D eigenvalue weighted by atomic mass is 9.56. The number of halogens is 1. The highest BCUT2D eigenvalue weighted by Crippen LogP contribution is 2.60. The van der Waals surface area contributed by atoms with Crippen LogP contribution in [0.3, 0.4) is 0 Å². The summed E-state index contributed by atoms with van der Waals surface area (Å²) in [6.45, 7) is 1.65. The number of nitrogens with two attached hydrogens (primary N) is 1. The Labute approximate surface area is 138 Å². The summed E-state index contributed by atoms with van der Waals surface area (Å²) in [5.74, 6) is 3.95. The third-order valence-electron chi connectivity index (χ3n) is 6.06. The molecule has 1 atom stereocenters. The lowest BCUT2D eigenvalue weighted by molar-refractivity contribution is -0.127. The first-order valence-electron chi connectivity index (χ1n) is 8.29. The first kappa shape index (κ1) is 15.9. The van der Waals surface area contributed by atoms with Gasteiger partial charge in [-0.15, -0.1) is 24.2 Å². The fourth-order valence-corrected chi connectivity index (χ4v) is 7.20. The third-order valence-corrected chi connectivity index (χ3v) is 7.56. The van der Waals surface area contributed by atoms with Crippen LogP contribution < -0.4 is 5.73 Å². The minimum absolute atomic E-state index is 0. The van der Waals surface area contributed by atoms with E-state index in [2.05, 4.69) is 0 Å². The first-order valence-corrected chi connectivity index (χ1v) is 9.28. The van der Waals surface area contributed by atoms with Crippen molar-refractivity contribution in [1.82, 2.24) is 4.90 Å². The van der Waals surface area contributed by atoms with Gasteiger partial charge in [-0.25, -0.2) is 0 Å². The molecule has 4 saturated carbocycles. The molecule has 120 valence electrons. The number of thioether (sulfide) groups is 1. The van der Waals surface area contributed by atoms with Gasteiger partial charge in [-0.1, -0.05) is 0 Å². The molecule has 4 bridgehead atoms. The van der Waals surface area contributed by atoms with Crippen LogP contribution in [-0.4, -0.2) is 40.4 Å². The van der Waals surface area contributed by atoms with Crippen molar-refractivity contribution in [2.24, 2.45) is 23.5 Å². The molecule has 1 unspecified atom stereocenters. The van der Waals surface area contributed by atoms with Crippen LogP contribution in [0.25, 0.3) is 0 Å². The van der Waals surface area contributed by atoms with Crippen molar-refractivity contribution >= 4 is 30.1 Å². The molecule has 5 heteroatoms. The van der Waals surface area contributed by atoms with Gasteiger partial charge in [-0.3, -0.25) is 4.79 Å². The zero-order valence-corrected chi connectivity index (χ0v) is 14.3. The van der Waals surface area contributed by atoms with Crippen molar-refractivity contribution in [3.05, 3.63) is 0 Å². The molecule has 5 aliphatic rings. The molecule has 1 heterocycles. The monoisotopic (exact) mass is 330 g/mol. The Hall–Kier alpha value is 0.0700. The number of amides is 1. The molecule has 0 aromatic carbocycles. The SMILES string of the molecule is Cl.NC1CCN(C(=O)CSC23CC4CC(CC(C4)C2)C3)C1. The van der Waals surface area contributed by atoms with Crippen molar-refractivity contribution in [1.29, 1.82) is 0 Å². The summed E-state index contributed by atoms with van der Waals surface area (Å²) in [6, 6.07) is 0.212. The van der Waals surface area contributed by atoms with Crippen LogP contribution in [-0.2, 0) is 4.79 Å². The zero-order chi connectivity index (χ0) is 13.7. The van der Waals surface area contributed by atoms with E-state index in [0.29, 0.717) is 16.4 Å². The Kier molecular flexibility index (Phi) is 4.51. The topological polar surface area (TPSA) is 46.3 Å². The van der Waals surface area contributed by atoms with Gasteiger partial charge >= 0.3 is 0 Å². The maximum absolute atomic E-state index is 12.3. The van der Waals surface area contributed by atoms with Gasteiger partial charge in [0.1, 0.15) is 0 Å². The fraction of sp³-hybridized carbons (Fsp3) is 0.938. The Morgan fingerprint density at radius 1 is 1.14 bits per heavy atom. The summed E-state index contributed by atoms with van der Waals surface area (Å²) in [5.41, 5.74) is 5.90. The Morgan fingerprint density at radius 3 is 2.19 bits per heavy atom. The maximum Gasteiger partial charge on any atom is 0.232 e. The van der Waals surface area contributed by atoms with Crippen LogP contribution in [0.5, 0.6) is 0 Å². The minimum Gasteiger partial charge on any atom is -0.340 e. The number of rotatable bonds is 3. The van der Waals surface area contributed by atoms with Gasteiger partial charge < -0.3 is 10.6 Å². The molecule has 4 aliphatic carbocycles. The van der Waals surface area contributed by atoms with E-state index in [1.54, 1.807) is 0 Å². The lowest BCUT2D eigenvalue weighted by Crippen LogP contribution is -2.49. The van der Waals surface area contributed by atoms with Crippen LogP contribution in [0.15, 0.2) is 0 Å². The Balaban J connectivity index is 0.00000132. The fourth-order valence-electron chi connectivity index (χ4n) is 5.53. The van der Waals surface area contributed by atoms with Crippen LogP contribution in [0.2, 0.25) is 0 Å². The molecule has 5 rings (SSSR count). The molecule has 21 heavy (non-hydrogen) atoms. The molecule has 0 radical (unpaired) electrons. The van der Waals surface area contributed by atoms with Crippen molar-refractivity contribution in [3.63, 3.8) is 0 Å². The summed E-state index contributed by atoms with van der Waals surface area (Å²) < 4.78 is 0.465. The molecular formula is C16H27ClN2OS. The van der Waals surface area contributed by atoms with E-state index < -0.39 is 0 Å². The van der Waals surface area contributed by atoms with E-state index in [1.165, 1.54) is 38.5 Å². The predicted molar refractivity (Wildman–Crippen MR) is 89.8 cm³/mol. The van der Waals surface area contributed by atoms with E-state index in [9.17, 15) is 4.79 Å². The van der Waals surface area contributed by atoms with E-state index in [0.717, 1.165) is 37.3 Å². The normalized spacial score (nSPS) is 44.0. The summed E-state index contributed by atoms with van der Waals surface area (Å²) in [5, 5.41) is 0. The molecule has 3 nitrogen and oxygen atoms in total. The second-order valence-corrected chi connectivity index (χ2v) is 9.22. The smallest absolute Gasteiger partial charge is 0.232 e. The van der Waals surface area contributed by atoms with Crippen LogP contribution in [0.4, 0.5) is 0 Å². The molecular weight excluding hydrogens is 304 g/mol. The highest BCUT2D eigenvalue weighted by atomic mass is 35.5. The molecule has 0 aromatic rings. The van der Waals surface area contributed by atoms with Gasteiger partial charge in [-0.2, -0.15) is 0 Å². The highest BCUT2D eigenvalue weighted by molar-refractivity contribution is 8.01. The minimum atomic E-state index is 0. The molecule has 1 saturated heterocycles. The number of carbonyl (C=O) groups is 1. The maximum atomic E-state index is 12.3. The average Bonchev–Trinajstić information content (AvgIpc) is 2.81. The van der Waals surface area contributed by atoms with E-state index in [4.69, 9.17) is 5.73 Å². The number of hydrogen-bond acceptors (Lipinski definition) is 3. The predicted octanol–water partition coefficient (Wildman–Crippen LogP) is 2.67. The molecule has 0 aromatic heterocycles. The van der Waals surface area contributed by atoms with E-state index in [-0.39, 0.29) is 18.4 Å². The van der Waals surface area contributed by atoms with Gasteiger partial charge in [0.25, 0.3) is 0 Å². The lowest BCUT2D eigenvalue weighted by Gasteiger charge is -2.56. The van der Waals surface area contributed by atoms with Crippen molar-refractivity contribution in [2.45, 2.75) is 55.7 Å². The van der Waals surface area contributed by atoms with Gasteiger partial charge in [0.15, 0.2) is 0 Å². The van der Waals surface area contributed by atoms with Crippen molar-refractivity contribution in [3.8, 4) is 0 Å². The number of likely N-dealkylation sites (tertiary alicyclic amines) is 1. The average molecular weight is 331 g/mol. The number of carbonyl (C=O) groups excluding carboxylic acids is 1. The third kappa shape index (κ3) is 3.09. The second kappa shape index (κ2) is 5.93. The zero-order valence-electron chi connectivity index (χ0n) is 12.6. The van der Waals surface area contributed by atoms with E-state index >= 15 is 0 Å². The Morgan fingerprint density at radius 2 is 1.71 bits per heavy atom. The summed E-state index contributed by atoms with van der Waals surface area (Å²) in [4.78, 5) is 14.3. The van der Waals surface area contributed by atoms with Gasteiger partial charge in [-0.05, 0) is 62.7 Å². The first-order chi connectivity index (χ1) is 9.62. The van der Waals surface area contributed by atoms with Crippen LogP contribution in [0, 0.1) is 17.8 Å². The quantitative estimate of drug-likeness (QED) is 0.865. The van der Waals surface area contributed by atoms with Crippen molar-refractivity contribution < 1.29 is 4.79 Å². The highest BCUT2D eigenvalue weighted by Gasteiger charge is 2.51. The largest absolute Gasteiger partial charge is 0.340 e. The van der Waals surface area contributed by atoms with E-state index in [1.807, 2.05) is 16.7 Å². The van der Waals surface area contributed by atoms with Crippen LogP contribution >= 0.6 is 24.2 Å². The van der Waals surface area contributed by atoms with Gasteiger partial charge in [0.2, 0.25) is 5.91 Å². The molecule has 1 aliphatic heterocycles. The summed E-state index contributed by atoms with van der Waals surface area (Å²) in [7, 11) is 0. The van der Waals surface area contributed by atoms with Gasteiger partial charge in [0, 0.05) is 23.9 Å². The molecule has 2 N–H and O–H groups in total.